The SMILES string of the molecule is C=CCCOC(=O)CC1C(=O)CCC(CCc2ccc(Cl)cc2)CC(=O)N1CCc1cccs1. The van der Waals surface area contributed by atoms with Crippen LogP contribution >= 0.6 is 22.9 Å². The quantitative estimate of drug-likeness (QED) is 0.226. The number of nitrogens with zero attached hydrogens (tertiary/aromatic N) is 1. The van der Waals surface area contributed by atoms with E-state index in [1.165, 1.54) is 5.56 Å². The summed E-state index contributed by atoms with van der Waals surface area (Å²) in [5.74, 6) is -0.447. The molecule has 2 atom stereocenters. The number of carbonyl (C=O) groups excluding carboxylic acids is 3. The third-order valence-corrected chi connectivity index (χ3v) is 7.40. The largest absolute Gasteiger partial charge is 0.465 e. The molecule has 1 aliphatic heterocycles. The van der Waals surface area contributed by atoms with Crippen LogP contribution in [0, 0.1) is 5.92 Å². The summed E-state index contributed by atoms with van der Waals surface area (Å²) in [6.45, 7) is 4.27. The van der Waals surface area contributed by atoms with Gasteiger partial charge in [0.25, 0.3) is 0 Å². The summed E-state index contributed by atoms with van der Waals surface area (Å²) in [5, 5.41) is 2.70. The molecule has 1 aromatic carbocycles. The lowest BCUT2D eigenvalue weighted by molar-refractivity contribution is -0.150. The molecule has 0 saturated carbocycles. The molecule has 2 heterocycles. The molecule has 0 bridgehead atoms. The first kappa shape index (κ1) is 26.2. The highest BCUT2D eigenvalue weighted by Crippen LogP contribution is 2.27. The van der Waals surface area contributed by atoms with Crippen LogP contribution in [0.3, 0.4) is 0 Å². The zero-order chi connectivity index (χ0) is 24.3. The van der Waals surface area contributed by atoms with Crippen LogP contribution in [0.1, 0.15) is 49.0 Å². The van der Waals surface area contributed by atoms with Gasteiger partial charge >= 0.3 is 5.97 Å². The van der Waals surface area contributed by atoms with Crippen molar-refractivity contribution < 1.29 is 19.1 Å². The van der Waals surface area contributed by atoms with Crippen LogP contribution in [0.2, 0.25) is 5.02 Å². The highest BCUT2D eigenvalue weighted by Gasteiger charge is 2.35. The Morgan fingerprint density at radius 3 is 2.71 bits per heavy atom. The average molecular weight is 502 g/mol. The summed E-state index contributed by atoms with van der Waals surface area (Å²) in [6.07, 6.45) is 5.85. The lowest BCUT2D eigenvalue weighted by Gasteiger charge is -2.34. The maximum absolute atomic E-state index is 13.4. The summed E-state index contributed by atoms with van der Waals surface area (Å²) in [6, 6.07) is 11.0. The Balaban J connectivity index is 1.68. The number of hydrogen-bond donors (Lipinski definition) is 0. The third-order valence-electron chi connectivity index (χ3n) is 6.21. The first-order valence-corrected chi connectivity index (χ1v) is 13.1. The molecule has 0 N–H and O–H groups in total. The first-order valence-electron chi connectivity index (χ1n) is 11.8. The van der Waals surface area contributed by atoms with Crippen LogP contribution < -0.4 is 0 Å². The van der Waals surface area contributed by atoms with E-state index in [1.807, 2.05) is 41.8 Å². The van der Waals surface area contributed by atoms with Gasteiger partial charge < -0.3 is 9.64 Å². The first-order chi connectivity index (χ1) is 16.5. The fourth-order valence-electron chi connectivity index (χ4n) is 4.26. The zero-order valence-electron chi connectivity index (χ0n) is 19.4. The van der Waals surface area contributed by atoms with Gasteiger partial charge in [-0.15, -0.1) is 17.9 Å². The molecule has 1 aromatic heterocycles. The van der Waals surface area contributed by atoms with Gasteiger partial charge in [0.05, 0.1) is 13.0 Å². The van der Waals surface area contributed by atoms with Crippen molar-refractivity contribution in [3.05, 3.63) is 69.9 Å². The van der Waals surface area contributed by atoms with Gasteiger partial charge in [-0.05, 0) is 67.2 Å². The van der Waals surface area contributed by atoms with Crippen molar-refractivity contribution in [3.8, 4) is 0 Å². The van der Waals surface area contributed by atoms with Crippen molar-refractivity contribution in [1.82, 2.24) is 4.90 Å². The molecule has 2 unspecified atom stereocenters. The summed E-state index contributed by atoms with van der Waals surface area (Å²) >= 11 is 7.60. The number of thiophene rings is 1. The third kappa shape index (κ3) is 8.10. The molecule has 0 aliphatic carbocycles. The highest BCUT2D eigenvalue weighted by atomic mass is 35.5. The van der Waals surface area contributed by atoms with E-state index in [9.17, 15) is 14.4 Å². The topological polar surface area (TPSA) is 63.7 Å². The summed E-state index contributed by atoms with van der Waals surface area (Å²) < 4.78 is 5.25. The number of esters is 1. The van der Waals surface area contributed by atoms with E-state index < -0.39 is 12.0 Å². The second kappa shape index (κ2) is 13.4. The van der Waals surface area contributed by atoms with Crippen LogP contribution in [-0.2, 0) is 32.0 Å². The number of hydrogen-bond acceptors (Lipinski definition) is 5. The zero-order valence-corrected chi connectivity index (χ0v) is 21.0. The molecule has 1 fully saturated rings. The van der Waals surface area contributed by atoms with Crippen LogP contribution in [0.5, 0.6) is 0 Å². The number of aryl methyl sites for hydroxylation is 1. The van der Waals surface area contributed by atoms with Gasteiger partial charge in [-0.2, -0.15) is 0 Å². The molecule has 5 nitrogen and oxygen atoms in total. The van der Waals surface area contributed by atoms with Crippen LogP contribution in [0.25, 0.3) is 0 Å². The number of benzene rings is 1. The minimum absolute atomic E-state index is 0.0589. The van der Waals surface area contributed by atoms with Gasteiger partial charge in [-0.3, -0.25) is 14.4 Å². The van der Waals surface area contributed by atoms with Crippen molar-refractivity contribution >= 4 is 40.6 Å². The van der Waals surface area contributed by atoms with E-state index in [0.717, 1.165) is 17.7 Å². The molecule has 7 heteroatoms. The van der Waals surface area contributed by atoms with Crippen molar-refractivity contribution in [2.45, 2.75) is 57.4 Å². The molecule has 1 amide bonds. The van der Waals surface area contributed by atoms with Crippen LogP contribution in [0.15, 0.2) is 54.4 Å². The van der Waals surface area contributed by atoms with Gasteiger partial charge in [0.15, 0.2) is 5.78 Å². The number of Topliss-reactive ketones (excluding diaryl/α,β-unsaturated/α-hetero) is 1. The Morgan fingerprint density at radius 1 is 1.21 bits per heavy atom. The standard InChI is InChI=1S/C27H32ClNO4S/c1-2-3-16-33-27(32)19-24-25(30)13-10-21(7-6-20-8-11-22(28)12-9-20)18-26(31)29(24)15-14-23-5-4-17-34-23/h2,4-5,8-9,11-12,17,21,24H,1,3,6-7,10,13-16,18-19H2. The molecule has 34 heavy (non-hydrogen) atoms. The van der Waals surface area contributed by atoms with Gasteiger partial charge in [-0.1, -0.05) is 35.9 Å². The highest BCUT2D eigenvalue weighted by molar-refractivity contribution is 7.09. The second-order valence-corrected chi connectivity index (χ2v) is 10.1. The van der Waals surface area contributed by atoms with Crippen molar-refractivity contribution in [2.24, 2.45) is 5.92 Å². The second-order valence-electron chi connectivity index (χ2n) is 8.67. The average Bonchev–Trinajstić information content (AvgIpc) is 3.34. The van der Waals surface area contributed by atoms with Gasteiger partial charge in [-0.25, -0.2) is 0 Å². The Hall–Kier alpha value is -2.44. The molecule has 2 aromatic rings. The summed E-state index contributed by atoms with van der Waals surface area (Å²) in [5.41, 5.74) is 1.17. The Labute approximate surface area is 210 Å². The number of ketones is 1. The Morgan fingerprint density at radius 2 is 2.00 bits per heavy atom. The van der Waals surface area contributed by atoms with Crippen molar-refractivity contribution in [1.29, 1.82) is 0 Å². The van der Waals surface area contributed by atoms with Crippen LogP contribution in [-0.4, -0.2) is 41.8 Å². The van der Waals surface area contributed by atoms with Crippen molar-refractivity contribution in [2.75, 3.05) is 13.2 Å². The van der Waals surface area contributed by atoms with Crippen LogP contribution in [0.4, 0.5) is 0 Å². The summed E-state index contributed by atoms with van der Waals surface area (Å²) in [7, 11) is 0. The summed E-state index contributed by atoms with van der Waals surface area (Å²) in [4.78, 5) is 41.7. The molecule has 0 radical (unpaired) electrons. The predicted octanol–water partition coefficient (Wildman–Crippen LogP) is 5.65. The van der Waals surface area contributed by atoms with E-state index in [0.29, 0.717) is 43.7 Å². The molecule has 1 aliphatic rings. The number of likely N-dealkylation sites (tertiary alicyclic amines) is 1. The van der Waals surface area contributed by atoms with E-state index in [4.69, 9.17) is 16.3 Å². The molecule has 0 spiro atoms. The maximum atomic E-state index is 13.4. The predicted molar refractivity (Wildman–Crippen MR) is 136 cm³/mol. The van der Waals surface area contributed by atoms with E-state index in [-0.39, 0.29) is 30.6 Å². The molecular weight excluding hydrogens is 470 g/mol. The lowest BCUT2D eigenvalue weighted by atomic mass is 9.87. The van der Waals surface area contributed by atoms with Gasteiger partial charge in [0.1, 0.15) is 6.04 Å². The van der Waals surface area contributed by atoms with E-state index in [1.54, 1.807) is 22.3 Å². The number of ether oxygens (including phenoxy) is 1. The minimum Gasteiger partial charge on any atom is -0.465 e. The van der Waals surface area contributed by atoms with E-state index in [2.05, 4.69) is 6.58 Å². The molecule has 3 rings (SSSR count). The van der Waals surface area contributed by atoms with E-state index >= 15 is 0 Å². The fourth-order valence-corrected chi connectivity index (χ4v) is 5.08. The maximum Gasteiger partial charge on any atom is 0.308 e. The molecule has 1 saturated heterocycles. The lowest BCUT2D eigenvalue weighted by Crippen LogP contribution is -2.49. The number of amides is 1. The fraction of sp³-hybridized carbons (Fsp3) is 0.444. The normalized spacial score (nSPS) is 18.9. The smallest absolute Gasteiger partial charge is 0.308 e. The Bertz CT molecular complexity index is 958. The number of carbonyl (C=O) groups is 3. The minimum atomic E-state index is -0.763. The van der Waals surface area contributed by atoms with Crippen molar-refractivity contribution in [3.63, 3.8) is 0 Å². The molecule has 182 valence electrons. The molecular formula is C27H32ClNO4S. The van der Waals surface area contributed by atoms with Gasteiger partial charge in [0, 0.05) is 29.3 Å². The van der Waals surface area contributed by atoms with Gasteiger partial charge in [0.2, 0.25) is 5.91 Å². The Kier molecular flexibility index (Phi) is 10.4. The monoisotopic (exact) mass is 501 g/mol. The number of halogens is 1. The number of rotatable bonds is 11.